The van der Waals surface area contributed by atoms with Gasteiger partial charge in [0.2, 0.25) is 0 Å². The third-order valence-corrected chi connectivity index (χ3v) is 5.33. The van der Waals surface area contributed by atoms with Crippen LogP contribution in [0.4, 0.5) is 10.7 Å². The van der Waals surface area contributed by atoms with Crippen molar-refractivity contribution in [1.82, 2.24) is 0 Å². The first-order valence-electron chi connectivity index (χ1n) is 8.34. The third kappa shape index (κ3) is 3.72. The Labute approximate surface area is 158 Å². The van der Waals surface area contributed by atoms with E-state index in [0.717, 1.165) is 11.3 Å². The molecule has 0 fully saturated rings. The summed E-state index contributed by atoms with van der Waals surface area (Å²) in [7, 11) is 0. The van der Waals surface area contributed by atoms with E-state index in [-0.39, 0.29) is 34.2 Å². The average molecular weight is 388 g/mol. The second-order valence-corrected chi connectivity index (χ2v) is 6.89. The number of thiophene rings is 1. The molecule has 9 heteroatoms. The number of ether oxygens (including phenoxy) is 1. The topological polar surface area (TPSA) is 116 Å². The Morgan fingerprint density at radius 3 is 2.59 bits per heavy atom. The first kappa shape index (κ1) is 18.7. The molecule has 0 saturated carbocycles. The minimum atomic E-state index is -0.580. The lowest BCUT2D eigenvalue weighted by Crippen LogP contribution is -2.16. The number of esters is 1. The number of non-ortho nitro benzene ring substituents is 1. The number of hydrogen-bond donors (Lipinski definition) is 1. The zero-order valence-electron chi connectivity index (χ0n) is 14.4. The molecule has 0 spiro atoms. The van der Waals surface area contributed by atoms with Crippen LogP contribution >= 0.6 is 11.3 Å². The number of carbonyl (C=O) groups excluding carboxylic acids is 3. The van der Waals surface area contributed by atoms with Gasteiger partial charge in [0, 0.05) is 24.1 Å². The molecule has 140 valence electrons. The average Bonchev–Trinajstić information content (AvgIpc) is 3.01. The Morgan fingerprint density at radius 1 is 1.26 bits per heavy atom. The lowest BCUT2D eigenvalue weighted by molar-refractivity contribution is -0.384. The zero-order valence-corrected chi connectivity index (χ0v) is 15.3. The van der Waals surface area contributed by atoms with Gasteiger partial charge in [-0.15, -0.1) is 11.3 Å². The predicted octanol–water partition coefficient (Wildman–Crippen LogP) is 3.60. The summed E-state index contributed by atoms with van der Waals surface area (Å²) in [6.45, 7) is 1.85. The highest BCUT2D eigenvalue weighted by Gasteiger charge is 2.31. The number of fused-ring (bicyclic) bond motifs is 1. The largest absolute Gasteiger partial charge is 0.462 e. The number of hydrogen-bond acceptors (Lipinski definition) is 7. The van der Waals surface area contributed by atoms with E-state index in [1.807, 2.05) is 0 Å². The maximum Gasteiger partial charge on any atom is 0.341 e. The van der Waals surface area contributed by atoms with Crippen molar-refractivity contribution < 1.29 is 24.0 Å². The molecule has 0 bridgehead atoms. The summed E-state index contributed by atoms with van der Waals surface area (Å²) in [5.74, 6) is -1.16. The molecule has 0 unspecified atom stereocenters. The minimum absolute atomic E-state index is 0.0531. The number of carbonyl (C=O) groups is 3. The quantitative estimate of drug-likeness (QED) is 0.475. The van der Waals surface area contributed by atoms with Gasteiger partial charge in [-0.05, 0) is 37.5 Å². The fourth-order valence-corrected chi connectivity index (χ4v) is 4.08. The first-order valence-corrected chi connectivity index (χ1v) is 9.15. The molecule has 1 aromatic heterocycles. The van der Waals surface area contributed by atoms with Gasteiger partial charge in [-0.25, -0.2) is 4.79 Å². The van der Waals surface area contributed by atoms with Crippen molar-refractivity contribution >= 4 is 39.7 Å². The highest BCUT2D eigenvalue weighted by atomic mass is 32.1. The Hall–Kier alpha value is -3.07. The molecule has 0 saturated heterocycles. The van der Waals surface area contributed by atoms with Crippen LogP contribution in [0.1, 0.15) is 55.7 Å². The highest BCUT2D eigenvalue weighted by Crippen LogP contribution is 2.38. The molecule has 3 rings (SSSR count). The van der Waals surface area contributed by atoms with Crippen LogP contribution < -0.4 is 5.32 Å². The van der Waals surface area contributed by atoms with Gasteiger partial charge in [0.1, 0.15) is 5.00 Å². The van der Waals surface area contributed by atoms with Crippen molar-refractivity contribution in [3.05, 3.63) is 55.9 Å². The van der Waals surface area contributed by atoms with E-state index in [0.29, 0.717) is 29.7 Å². The Bertz CT molecular complexity index is 932. The molecule has 8 nitrogen and oxygen atoms in total. The summed E-state index contributed by atoms with van der Waals surface area (Å²) in [6, 6.07) is 5.11. The van der Waals surface area contributed by atoms with Gasteiger partial charge in [-0.1, -0.05) is 0 Å². The number of nitro groups is 1. The SMILES string of the molecule is CCOC(=O)c1c(NC(=O)c2ccc([N+](=O)[O-])cc2)sc2c1CCCC2=O. The Kier molecular flexibility index (Phi) is 5.31. The summed E-state index contributed by atoms with van der Waals surface area (Å²) < 4.78 is 5.09. The lowest BCUT2D eigenvalue weighted by Gasteiger charge is -2.11. The number of nitrogens with zero attached hydrogens (tertiary/aromatic N) is 1. The summed E-state index contributed by atoms with van der Waals surface area (Å²) >= 11 is 1.06. The second-order valence-electron chi connectivity index (χ2n) is 5.87. The first-order chi connectivity index (χ1) is 12.9. The summed E-state index contributed by atoms with van der Waals surface area (Å²) in [5.41, 5.74) is 0.915. The van der Waals surface area contributed by atoms with Gasteiger partial charge in [-0.3, -0.25) is 19.7 Å². The predicted molar refractivity (Wildman–Crippen MR) is 98.6 cm³/mol. The van der Waals surface area contributed by atoms with Crippen molar-refractivity contribution in [2.45, 2.75) is 26.2 Å². The standard InChI is InChI=1S/C18H16N2O6S/c1-2-26-18(23)14-12-4-3-5-13(21)15(12)27-17(14)19-16(22)10-6-8-11(9-7-10)20(24)25/h6-9H,2-5H2,1H3,(H,19,22). The van der Waals surface area contributed by atoms with E-state index in [4.69, 9.17) is 4.74 Å². The molecular weight excluding hydrogens is 372 g/mol. The number of anilines is 1. The van der Waals surface area contributed by atoms with Crippen LogP contribution in [0.2, 0.25) is 0 Å². The number of nitrogens with one attached hydrogen (secondary N) is 1. The van der Waals surface area contributed by atoms with Crippen molar-refractivity contribution in [3.8, 4) is 0 Å². The van der Waals surface area contributed by atoms with Crippen LogP contribution in [0.5, 0.6) is 0 Å². The molecule has 0 radical (unpaired) electrons. The molecule has 1 heterocycles. The van der Waals surface area contributed by atoms with Crippen LogP contribution in [0.15, 0.2) is 24.3 Å². The normalized spacial score (nSPS) is 13.0. The van der Waals surface area contributed by atoms with Crippen molar-refractivity contribution in [3.63, 3.8) is 0 Å². The Balaban J connectivity index is 1.93. The van der Waals surface area contributed by atoms with Gasteiger partial charge in [0.25, 0.3) is 11.6 Å². The molecule has 1 aromatic carbocycles. The van der Waals surface area contributed by atoms with Gasteiger partial charge in [0.05, 0.1) is 22.0 Å². The highest BCUT2D eigenvalue weighted by molar-refractivity contribution is 7.18. The lowest BCUT2D eigenvalue weighted by atomic mass is 9.94. The molecule has 1 aliphatic rings. The number of nitro benzene ring substituents is 1. The molecule has 0 atom stereocenters. The Morgan fingerprint density at radius 2 is 1.96 bits per heavy atom. The molecule has 0 aliphatic heterocycles. The fourth-order valence-electron chi connectivity index (χ4n) is 2.89. The van der Waals surface area contributed by atoms with E-state index in [2.05, 4.69) is 5.32 Å². The van der Waals surface area contributed by atoms with Crippen LogP contribution in [0.25, 0.3) is 0 Å². The number of benzene rings is 1. The third-order valence-electron chi connectivity index (χ3n) is 4.14. The van der Waals surface area contributed by atoms with Crippen molar-refractivity contribution in [2.24, 2.45) is 0 Å². The molecule has 1 aliphatic carbocycles. The van der Waals surface area contributed by atoms with E-state index in [1.54, 1.807) is 6.92 Å². The van der Waals surface area contributed by atoms with Crippen molar-refractivity contribution in [1.29, 1.82) is 0 Å². The summed E-state index contributed by atoms with van der Waals surface area (Å²) in [5, 5.41) is 13.6. The van der Waals surface area contributed by atoms with E-state index in [1.165, 1.54) is 24.3 Å². The molecule has 1 amide bonds. The number of ketones is 1. The fraction of sp³-hybridized carbons (Fsp3) is 0.278. The summed E-state index contributed by atoms with van der Waals surface area (Å²) in [6.07, 6.45) is 1.62. The molecule has 27 heavy (non-hydrogen) atoms. The number of Topliss-reactive ketones (excluding diaryl/α,β-unsaturated/α-hetero) is 1. The van der Waals surface area contributed by atoms with E-state index in [9.17, 15) is 24.5 Å². The van der Waals surface area contributed by atoms with Gasteiger partial charge in [0.15, 0.2) is 5.78 Å². The number of amides is 1. The summed E-state index contributed by atoms with van der Waals surface area (Å²) in [4.78, 5) is 47.7. The van der Waals surface area contributed by atoms with Crippen LogP contribution in [0.3, 0.4) is 0 Å². The zero-order chi connectivity index (χ0) is 19.6. The van der Waals surface area contributed by atoms with Gasteiger partial charge >= 0.3 is 5.97 Å². The van der Waals surface area contributed by atoms with Crippen LogP contribution in [-0.2, 0) is 11.2 Å². The maximum absolute atomic E-state index is 12.5. The number of rotatable bonds is 5. The smallest absolute Gasteiger partial charge is 0.341 e. The van der Waals surface area contributed by atoms with Crippen molar-refractivity contribution in [2.75, 3.05) is 11.9 Å². The van der Waals surface area contributed by atoms with E-state index >= 15 is 0 Å². The molecule has 2 aromatic rings. The molecular formula is C18H16N2O6S. The van der Waals surface area contributed by atoms with Gasteiger partial charge in [-0.2, -0.15) is 0 Å². The minimum Gasteiger partial charge on any atom is -0.462 e. The van der Waals surface area contributed by atoms with Crippen LogP contribution in [0, 0.1) is 10.1 Å². The van der Waals surface area contributed by atoms with Crippen LogP contribution in [-0.4, -0.2) is 29.2 Å². The monoisotopic (exact) mass is 388 g/mol. The second kappa shape index (κ2) is 7.67. The van der Waals surface area contributed by atoms with Gasteiger partial charge < -0.3 is 10.1 Å². The molecule has 1 N–H and O–H groups in total. The maximum atomic E-state index is 12.5. The van der Waals surface area contributed by atoms with E-state index < -0.39 is 16.8 Å².